The maximum Gasteiger partial charge on any atom is 0.141 e. The average Bonchev–Trinajstić information content (AvgIpc) is 2.37. The van der Waals surface area contributed by atoms with E-state index in [1.807, 2.05) is 13.0 Å². The number of benzene rings is 1. The summed E-state index contributed by atoms with van der Waals surface area (Å²) in [7, 11) is 3.19. The van der Waals surface area contributed by atoms with Crippen molar-refractivity contribution in [1.82, 2.24) is 5.32 Å². The average molecular weight is 288 g/mol. The zero-order valence-corrected chi connectivity index (χ0v) is 12.6. The van der Waals surface area contributed by atoms with E-state index in [-0.39, 0.29) is 12.1 Å². The van der Waals surface area contributed by atoms with Gasteiger partial charge in [-0.1, -0.05) is 11.6 Å². The summed E-state index contributed by atoms with van der Waals surface area (Å²) in [5.74, 6) is 1.33. The molecule has 108 valence electrons. The number of halogens is 1. The minimum atomic E-state index is -0.305. The molecule has 1 rings (SSSR count). The van der Waals surface area contributed by atoms with Gasteiger partial charge in [0.05, 0.1) is 25.3 Å². The quantitative estimate of drug-likeness (QED) is 0.810. The summed E-state index contributed by atoms with van der Waals surface area (Å²) >= 11 is 6.14. The number of ether oxygens (including phenoxy) is 2. The molecule has 0 radical (unpaired) electrons. The zero-order chi connectivity index (χ0) is 14.4. The molecule has 0 heterocycles. The Kier molecular flexibility index (Phi) is 6.42. The number of nitrogens with one attached hydrogen (secondary N) is 1. The standard InChI is InChI=1S/C14H22ClNO3/c1-9(17)5-6-16-10(2)11-7-12(15)14(19-4)8-13(11)18-3/h7-10,16-17H,5-6H2,1-4H3. The fourth-order valence-electron chi connectivity index (χ4n) is 1.84. The first kappa shape index (κ1) is 16.1. The predicted molar refractivity (Wildman–Crippen MR) is 77.3 cm³/mol. The maximum atomic E-state index is 9.25. The van der Waals surface area contributed by atoms with Crippen LogP contribution in [-0.2, 0) is 0 Å². The van der Waals surface area contributed by atoms with E-state index in [1.54, 1.807) is 27.2 Å². The Morgan fingerprint density at radius 3 is 2.37 bits per heavy atom. The Morgan fingerprint density at radius 1 is 1.21 bits per heavy atom. The molecule has 0 bridgehead atoms. The van der Waals surface area contributed by atoms with Crippen LogP contribution < -0.4 is 14.8 Å². The predicted octanol–water partition coefficient (Wildman–Crippen LogP) is 2.78. The lowest BCUT2D eigenvalue weighted by atomic mass is 10.1. The SMILES string of the molecule is COc1cc(OC)c(C(C)NCCC(C)O)cc1Cl. The monoisotopic (exact) mass is 287 g/mol. The highest BCUT2D eigenvalue weighted by Gasteiger charge is 2.15. The first-order valence-electron chi connectivity index (χ1n) is 6.32. The van der Waals surface area contributed by atoms with Gasteiger partial charge in [0.15, 0.2) is 0 Å². The van der Waals surface area contributed by atoms with Gasteiger partial charge in [-0.3, -0.25) is 0 Å². The van der Waals surface area contributed by atoms with Crippen molar-refractivity contribution in [2.24, 2.45) is 0 Å². The second-order valence-corrected chi connectivity index (χ2v) is 4.95. The molecule has 0 fully saturated rings. The van der Waals surface area contributed by atoms with Crippen LogP contribution in [0.25, 0.3) is 0 Å². The molecule has 0 aliphatic rings. The van der Waals surface area contributed by atoms with Crippen LogP contribution in [0.1, 0.15) is 31.9 Å². The zero-order valence-electron chi connectivity index (χ0n) is 11.9. The summed E-state index contributed by atoms with van der Waals surface area (Å²) in [4.78, 5) is 0. The third kappa shape index (κ3) is 4.56. The molecule has 0 spiro atoms. The molecule has 0 aliphatic heterocycles. The van der Waals surface area contributed by atoms with Crippen molar-refractivity contribution in [3.63, 3.8) is 0 Å². The van der Waals surface area contributed by atoms with Gasteiger partial charge < -0.3 is 19.9 Å². The highest BCUT2D eigenvalue weighted by molar-refractivity contribution is 6.32. The molecule has 1 aromatic carbocycles. The lowest BCUT2D eigenvalue weighted by molar-refractivity contribution is 0.182. The Labute approximate surface area is 119 Å². The van der Waals surface area contributed by atoms with Gasteiger partial charge in [0.2, 0.25) is 0 Å². The summed E-state index contributed by atoms with van der Waals surface area (Å²) in [5.41, 5.74) is 0.971. The van der Waals surface area contributed by atoms with E-state index in [0.717, 1.165) is 17.9 Å². The largest absolute Gasteiger partial charge is 0.496 e. The second-order valence-electron chi connectivity index (χ2n) is 4.54. The molecule has 4 nitrogen and oxygen atoms in total. The smallest absolute Gasteiger partial charge is 0.141 e. The molecule has 0 aliphatic carbocycles. The Hall–Kier alpha value is -0.970. The summed E-state index contributed by atoms with van der Waals surface area (Å²) in [5, 5.41) is 13.1. The van der Waals surface area contributed by atoms with Crippen LogP contribution in [0, 0.1) is 0 Å². The van der Waals surface area contributed by atoms with Crippen molar-refractivity contribution in [1.29, 1.82) is 0 Å². The number of methoxy groups -OCH3 is 2. The summed E-state index contributed by atoms with van der Waals surface area (Å²) in [6.07, 6.45) is 0.400. The third-order valence-corrected chi connectivity index (χ3v) is 3.28. The van der Waals surface area contributed by atoms with E-state index >= 15 is 0 Å². The minimum Gasteiger partial charge on any atom is -0.496 e. The fourth-order valence-corrected chi connectivity index (χ4v) is 2.09. The van der Waals surface area contributed by atoms with Gasteiger partial charge in [0, 0.05) is 17.7 Å². The van der Waals surface area contributed by atoms with Gasteiger partial charge in [-0.05, 0) is 32.9 Å². The summed E-state index contributed by atoms with van der Waals surface area (Å²) in [6, 6.07) is 3.71. The molecule has 19 heavy (non-hydrogen) atoms. The molecule has 1 aromatic rings. The minimum absolute atomic E-state index is 0.0807. The lowest BCUT2D eigenvalue weighted by Gasteiger charge is -2.19. The maximum absolute atomic E-state index is 9.25. The van der Waals surface area contributed by atoms with Crippen LogP contribution in [0.2, 0.25) is 5.02 Å². The molecule has 5 heteroatoms. The normalized spacial score (nSPS) is 14.0. The highest BCUT2D eigenvalue weighted by Crippen LogP contribution is 2.35. The molecule has 0 aromatic heterocycles. The van der Waals surface area contributed by atoms with Gasteiger partial charge in [-0.15, -0.1) is 0 Å². The van der Waals surface area contributed by atoms with Crippen molar-refractivity contribution in [3.05, 3.63) is 22.7 Å². The number of rotatable bonds is 7. The van der Waals surface area contributed by atoms with E-state index in [9.17, 15) is 5.11 Å². The van der Waals surface area contributed by atoms with Gasteiger partial charge in [-0.2, -0.15) is 0 Å². The van der Waals surface area contributed by atoms with E-state index in [1.165, 1.54) is 0 Å². The molecule has 0 amide bonds. The molecular weight excluding hydrogens is 266 g/mol. The molecule has 2 unspecified atom stereocenters. The Morgan fingerprint density at radius 2 is 1.84 bits per heavy atom. The van der Waals surface area contributed by atoms with Gasteiger partial charge >= 0.3 is 0 Å². The topological polar surface area (TPSA) is 50.7 Å². The first-order chi connectivity index (χ1) is 8.99. The van der Waals surface area contributed by atoms with Crippen LogP contribution in [0.3, 0.4) is 0 Å². The second kappa shape index (κ2) is 7.58. The molecule has 0 saturated carbocycles. The van der Waals surface area contributed by atoms with E-state index in [0.29, 0.717) is 17.2 Å². The van der Waals surface area contributed by atoms with Crippen molar-refractivity contribution in [3.8, 4) is 11.5 Å². The number of hydrogen-bond donors (Lipinski definition) is 2. The summed E-state index contributed by atoms with van der Waals surface area (Å²) in [6.45, 7) is 4.53. The van der Waals surface area contributed by atoms with E-state index in [4.69, 9.17) is 21.1 Å². The van der Waals surface area contributed by atoms with Crippen molar-refractivity contribution in [2.45, 2.75) is 32.4 Å². The van der Waals surface area contributed by atoms with Crippen molar-refractivity contribution < 1.29 is 14.6 Å². The van der Waals surface area contributed by atoms with Crippen LogP contribution in [-0.4, -0.2) is 32.0 Å². The number of hydrogen-bond acceptors (Lipinski definition) is 4. The van der Waals surface area contributed by atoms with Crippen molar-refractivity contribution in [2.75, 3.05) is 20.8 Å². The number of aliphatic hydroxyl groups excluding tert-OH is 1. The Balaban J connectivity index is 2.83. The number of aliphatic hydroxyl groups is 1. The van der Waals surface area contributed by atoms with E-state index in [2.05, 4.69) is 5.32 Å². The lowest BCUT2D eigenvalue weighted by Crippen LogP contribution is -2.23. The van der Waals surface area contributed by atoms with Crippen LogP contribution in [0.4, 0.5) is 0 Å². The van der Waals surface area contributed by atoms with Crippen LogP contribution in [0.5, 0.6) is 11.5 Å². The van der Waals surface area contributed by atoms with Gasteiger partial charge in [-0.25, -0.2) is 0 Å². The fraction of sp³-hybridized carbons (Fsp3) is 0.571. The summed E-state index contributed by atoms with van der Waals surface area (Å²) < 4.78 is 10.5. The van der Waals surface area contributed by atoms with Crippen LogP contribution in [0.15, 0.2) is 12.1 Å². The van der Waals surface area contributed by atoms with Crippen molar-refractivity contribution >= 4 is 11.6 Å². The first-order valence-corrected chi connectivity index (χ1v) is 6.70. The third-order valence-electron chi connectivity index (χ3n) is 2.98. The Bertz CT molecular complexity index is 410. The molecular formula is C14H22ClNO3. The van der Waals surface area contributed by atoms with Gasteiger partial charge in [0.1, 0.15) is 11.5 Å². The molecule has 2 atom stereocenters. The molecule has 2 N–H and O–H groups in total. The van der Waals surface area contributed by atoms with E-state index < -0.39 is 0 Å². The highest BCUT2D eigenvalue weighted by atomic mass is 35.5. The molecule has 0 saturated heterocycles. The van der Waals surface area contributed by atoms with Gasteiger partial charge in [0.25, 0.3) is 0 Å². The van der Waals surface area contributed by atoms with Crippen LogP contribution >= 0.6 is 11.6 Å².